The summed E-state index contributed by atoms with van der Waals surface area (Å²) in [5.74, 6) is 12.6. The van der Waals surface area contributed by atoms with Crippen molar-refractivity contribution in [3.63, 3.8) is 0 Å². The highest BCUT2D eigenvalue weighted by molar-refractivity contribution is 6.63. The highest BCUT2D eigenvalue weighted by Gasteiger charge is 2.46. The van der Waals surface area contributed by atoms with E-state index in [4.69, 9.17) is 15.3 Å². The molecule has 7 nitrogen and oxygen atoms in total. The number of aryl methyl sites for hydroxylation is 1. The van der Waals surface area contributed by atoms with E-state index < -0.39 is 0 Å². The van der Waals surface area contributed by atoms with E-state index in [0.29, 0.717) is 19.0 Å². The van der Waals surface area contributed by atoms with Gasteiger partial charge in [0, 0.05) is 23.4 Å². The molecule has 0 unspecified atom stereocenters. The van der Waals surface area contributed by atoms with Gasteiger partial charge < -0.3 is 20.2 Å². The molecular weight excluding hydrogens is 404 g/mol. The Labute approximate surface area is 189 Å². The van der Waals surface area contributed by atoms with E-state index in [1.165, 1.54) is 31.9 Å². The molecule has 1 aromatic carbocycles. The molecule has 2 aliphatic carbocycles. The maximum atomic E-state index is 13.3. The third-order valence-electron chi connectivity index (χ3n) is 6.73. The molecule has 5 rings (SSSR count). The number of anilines is 1. The summed E-state index contributed by atoms with van der Waals surface area (Å²) < 4.78 is 11.5. The molecule has 0 radical (unpaired) electrons. The molecule has 0 atom stereocenters. The number of benzene rings is 1. The van der Waals surface area contributed by atoms with Gasteiger partial charge in [-0.25, -0.2) is 0 Å². The van der Waals surface area contributed by atoms with Crippen molar-refractivity contribution < 1.29 is 14.3 Å². The molecule has 1 amide bonds. The van der Waals surface area contributed by atoms with Gasteiger partial charge in [0.05, 0.1) is 31.7 Å². The molecular formula is C25H30N4O3. The van der Waals surface area contributed by atoms with E-state index in [2.05, 4.69) is 28.0 Å². The van der Waals surface area contributed by atoms with Gasteiger partial charge in [0.15, 0.2) is 12.0 Å². The molecule has 1 spiro atoms. The van der Waals surface area contributed by atoms with Gasteiger partial charge in [-0.05, 0) is 62.6 Å². The van der Waals surface area contributed by atoms with Crippen LogP contribution in [-0.4, -0.2) is 50.4 Å². The first-order valence-electron chi connectivity index (χ1n) is 11.6. The van der Waals surface area contributed by atoms with Gasteiger partial charge in [0.2, 0.25) is 0 Å². The van der Waals surface area contributed by atoms with Crippen LogP contribution in [0, 0.1) is 30.1 Å². The van der Waals surface area contributed by atoms with E-state index in [9.17, 15) is 4.79 Å². The number of hydrazone groups is 1. The summed E-state index contributed by atoms with van der Waals surface area (Å²) in [5.41, 5.74) is 4.53. The molecule has 0 aromatic heterocycles. The summed E-state index contributed by atoms with van der Waals surface area (Å²) in [7, 11) is 0. The maximum Gasteiger partial charge on any atom is 0.280 e. The Morgan fingerprint density at radius 1 is 1.31 bits per heavy atom. The Kier molecular flexibility index (Phi) is 5.75. The van der Waals surface area contributed by atoms with Crippen molar-refractivity contribution in [3.05, 3.63) is 28.8 Å². The third kappa shape index (κ3) is 4.43. The fourth-order valence-corrected chi connectivity index (χ4v) is 4.34. The molecule has 2 heterocycles. The van der Waals surface area contributed by atoms with Gasteiger partial charge in [-0.1, -0.05) is 17.9 Å². The van der Waals surface area contributed by atoms with Crippen LogP contribution in [-0.2, 0) is 20.7 Å². The number of aliphatic imine (C=N–C) groups is 1. The number of carbonyl (C=O) groups excluding carboxylic acids is 1. The van der Waals surface area contributed by atoms with E-state index in [1.807, 2.05) is 13.0 Å². The number of fused-ring (bicyclic) bond motifs is 1. The number of nitrogens with two attached hydrogens (primary N) is 1. The van der Waals surface area contributed by atoms with Crippen LogP contribution in [0.2, 0.25) is 0 Å². The molecule has 1 aromatic rings. The molecule has 1 saturated heterocycles. The predicted molar refractivity (Wildman–Crippen MR) is 124 cm³/mol. The normalized spacial score (nSPS) is 22.5. The molecule has 7 heteroatoms. The van der Waals surface area contributed by atoms with Crippen molar-refractivity contribution in [3.8, 4) is 11.8 Å². The smallest absolute Gasteiger partial charge is 0.280 e. The second-order valence-electron chi connectivity index (χ2n) is 9.42. The average Bonchev–Trinajstić information content (AvgIpc) is 3.75. The Morgan fingerprint density at radius 3 is 2.78 bits per heavy atom. The van der Waals surface area contributed by atoms with E-state index in [0.717, 1.165) is 48.4 Å². The van der Waals surface area contributed by atoms with Crippen LogP contribution in [0.1, 0.15) is 48.8 Å². The van der Waals surface area contributed by atoms with Crippen LogP contribution in [0.3, 0.4) is 0 Å². The first-order valence-corrected chi connectivity index (χ1v) is 11.6. The Balaban J connectivity index is 1.29. The zero-order chi connectivity index (χ0) is 22.1. The van der Waals surface area contributed by atoms with Crippen LogP contribution in [0.25, 0.3) is 0 Å². The van der Waals surface area contributed by atoms with Crippen molar-refractivity contribution in [1.29, 1.82) is 0 Å². The lowest BCUT2D eigenvalue weighted by Gasteiger charge is -2.31. The molecule has 2 N–H and O–H groups in total. The second-order valence-corrected chi connectivity index (χ2v) is 9.42. The number of amides is 1. The standard InChI is InChI=1S/C25H30N4O3/c1-17-4-8-19(9-7-18-5-6-18)20-3-2-12-29(23(17)20)24(30)21(28-26)13-27-14-22-31-15-25(10-11-25)16-32-22/h4,8,13,18,22H,2-3,5-6,10-12,14-16,26H2,1H3/b27-13?,28-21+. The minimum Gasteiger partial charge on any atom is -0.350 e. The van der Waals surface area contributed by atoms with Crippen LogP contribution >= 0.6 is 0 Å². The molecule has 168 valence electrons. The number of nitrogens with zero attached hydrogens (tertiary/aromatic N) is 3. The third-order valence-corrected chi connectivity index (χ3v) is 6.73. The minimum atomic E-state index is -0.378. The van der Waals surface area contributed by atoms with Crippen molar-refractivity contribution >= 4 is 23.5 Å². The lowest BCUT2D eigenvalue weighted by molar-refractivity contribution is -0.201. The van der Waals surface area contributed by atoms with Crippen LogP contribution in [0.15, 0.2) is 22.2 Å². The largest absolute Gasteiger partial charge is 0.350 e. The molecule has 2 saturated carbocycles. The number of hydrogen-bond donors (Lipinski definition) is 1. The van der Waals surface area contributed by atoms with Crippen molar-refractivity contribution in [2.24, 2.45) is 27.3 Å². The van der Waals surface area contributed by atoms with Gasteiger partial charge in [0.1, 0.15) is 0 Å². The zero-order valence-corrected chi connectivity index (χ0v) is 18.6. The first kappa shape index (κ1) is 21.2. The average molecular weight is 435 g/mol. The van der Waals surface area contributed by atoms with Gasteiger partial charge >= 0.3 is 0 Å². The molecule has 4 aliphatic rings. The van der Waals surface area contributed by atoms with Crippen LogP contribution < -0.4 is 10.7 Å². The highest BCUT2D eigenvalue weighted by Crippen LogP contribution is 2.48. The van der Waals surface area contributed by atoms with Gasteiger partial charge in [-0.2, -0.15) is 5.10 Å². The van der Waals surface area contributed by atoms with E-state index in [1.54, 1.807) is 4.90 Å². The van der Waals surface area contributed by atoms with E-state index >= 15 is 0 Å². The fourth-order valence-electron chi connectivity index (χ4n) is 4.34. The van der Waals surface area contributed by atoms with Crippen LogP contribution in [0.5, 0.6) is 0 Å². The van der Waals surface area contributed by atoms with Crippen molar-refractivity contribution in [2.45, 2.75) is 51.7 Å². The summed E-state index contributed by atoms with van der Waals surface area (Å²) in [6.07, 6.45) is 7.59. The number of hydrogen-bond acceptors (Lipinski definition) is 6. The summed E-state index contributed by atoms with van der Waals surface area (Å²) in [4.78, 5) is 19.5. The molecule has 2 aliphatic heterocycles. The molecule has 3 fully saturated rings. The predicted octanol–water partition coefficient (Wildman–Crippen LogP) is 2.57. The summed E-state index contributed by atoms with van der Waals surface area (Å²) in [6.45, 7) is 4.41. The minimum absolute atomic E-state index is 0.126. The SMILES string of the molecule is Cc1ccc(C#CC2CC2)c2c1N(C(=O)/C(C=NCC1OCC3(CC3)CO1)=N/N)CCC2. The first-order chi connectivity index (χ1) is 15.6. The Bertz CT molecular complexity index is 1020. The number of carbonyl (C=O) groups is 1. The van der Waals surface area contributed by atoms with Gasteiger partial charge in [-0.15, -0.1) is 0 Å². The summed E-state index contributed by atoms with van der Waals surface area (Å²) >= 11 is 0. The van der Waals surface area contributed by atoms with Crippen molar-refractivity contribution in [2.75, 3.05) is 31.2 Å². The summed E-state index contributed by atoms with van der Waals surface area (Å²) in [5, 5.41) is 3.74. The Morgan fingerprint density at radius 2 is 2.09 bits per heavy atom. The quantitative estimate of drug-likeness (QED) is 0.341. The van der Waals surface area contributed by atoms with E-state index in [-0.39, 0.29) is 23.3 Å². The molecule has 0 bridgehead atoms. The maximum absolute atomic E-state index is 13.3. The lowest BCUT2D eigenvalue weighted by Crippen LogP contribution is -2.42. The second kappa shape index (κ2) is 8.68. The topological polar surface area (TPSA) is 89.5 Å². The lowest BCUT2D eigenvalue weighted by atomic mass is 9.93. The van der Waals surface area contributed by atoms with Gasteiger partial charge in [-0.3, -0.25) is 9.79 Å². The Hall–Kier alpha value is -2.69. The summed E-state index contributed by atoms with van der Waals surface area (Å²) in [6, 6.07) is 4.12. The highest BCUT2D eigenvalue weighted by atomic mass is 16.7. The fraction of sp³-hybridized carbons (Fsp3) is 0.560. The van der Waals surface area contributed by atoms with Crippen LogP contribution in [0.4, 0.5) is 5.69 Å². The molecule has 32 heavy (non-hydrogen) atoms. The number of ether oxygens (including phenoxy) is 2. The van der Waals surface area contributed by atoms with Gasteiger partial charge in [0.25, 0.3) is 5.91 Å². The van der Waals surface area contributed by atoms with Crippen molar-refractivity contribution in [1.82, 2.24) is 0 Å². The zero-order valence-electron chi connectivity index (χ0n) is 18.6. The monoisotopic (exact) mass is 434 g/mol. The number of rotatable bonds is 4.